The Balaban J connectivity index is 3.06. The van der Waals surface area contributed by atoms with Crippen LogP contribution in [0.15, 0.2) is 22.7 Å². The van der Waals surface area contributed by atoms with Gasteiger partial charge in [0.15, 0.2) is 0 Å². The number of anilines is 1. The molecule has 1 aromatic carbocycles. The van der Waals surface area contributed by atoms with Crippen LogP contribution in [0.4, 0.5) is 18.9 Å². The second-order valence-corrected chi connectivity index (χ2v) is 4.52. The van der Waals surface area contributed by atoms with Crippen LogP contribution < -0.4 is 10.6 Å². The summed E-state index contributed by atoms with van der Waals surface area (Å²) in [5.41, 5.74) is 6.77. The number of rotatable bonds is 4. The summed E-state index contributed by atoms with van der Waals surface area (Å²) in [6, 6.07) is 5.17. The Labute approximate surface area is 107 Å². The molecular formula is C11H14BrF3N2. The number of nitrogens with zero attached hydrogens (tertiary/aromatic N) is 1. The highest BCUT2D eigenvalue weighted by atomic mass is 79.9. The van der Waals surface area contributed by atoms with Crippen molar-refractivity contribution in [1.82, 2.24) is 0 Å². The monoisotopic (exact) mass is 310 g/mol. The lowest BCUT2D eigenvalue weighted by Gasteiger charge is -2.26. The summed E-state index contributed by atoms with van der Waals surface area (Å²) in [5, 5.41) is 0. The fourth-order valence-electron chi connectivity index (χ4n) is 1.59. The zero-order valence-corrected chi connectivity index (χ0v) is 11.0. The van der Waals surface area contributed by atoms with E-state index in [2.05, 4.69) is 15.9 Å². The molecule has 0 aliphatic heterocycles. The standard InChI is InChI=1S/C11H14BrF3N2/c1-2-17(7-11(13,14)15)10-5-9(12)4-3-8(10)6-16/h3-5H,2,6-7,16H2,1H3. The predicted molar refractivity (Wildman–Crippen MR) is 66.0 cm³/mol. The highest BCUT2D eigenvalue weighted by Crippen LogP contribution is 2.28. The molecule has 0 saturated heterocycles. The van der Waals surface area contributed by atoms with Gasteiger partial charge in [0.2, 0.25) is 0 Å². The Bertz CT molecular complexity index is 379. The largest absolute Gasteiger partial charge is 0.405 e. The van der Waals surface area contributed by atoms with Crippen molar-refractivity contribution in [2.45, 2.75) is 19.6 Å². The first kappa shape index (κ1) is 14.3. The van der Waals surface area contributed by atoms with Gasteiger partial charge in [0, 0.05) is 23.2 Å². The van der Waals surface area contributed by atoms with Gasteiger partial charge in [0.05, 0.1) is 0 Å². The van der Waals surface area contributed by atoms with Crippen molar-refractivity contribution in [3.8, 4) is 0 Å². The third kappa shape index (κ3) is 4.20. The maximum atomic E-state index is 12.4. The smallest absolute Gasteiger partial charge is 0.363 e. The molecule has 17 heavy (non-hydrogen) atoms. The number of hydrogen-bond acceptors (Lipinski definition) is 2. The van der Waals surface area contributed by atoms with Crippen LogP contribution in [-0.2, 0) is 6.54 Å². The molecule has 2 N–H and O–H groups in total. The summed E-state index contributed by atoms with van der Waals surface area (Å²) < 4.78 is 38.0. The first-order chi connectivity index (χ1) is 7.87. The fourth-order valence-corrected chi connectivity index (χ4v) is 1.94. The maximum absolute atomic E-state index is 12.4. The van der Waals surface area contributed by atoms with Gasteiger partial charge in [-0.15, -0.1) is 0 Å². The van der Waals surface area contributed by atoms with Crippen molar-refractivity contribution in [2.75, 3.05) is 18.0 Å². The van der Waals surface area contributed by atoms with E-state index < -0.39 is 12.7 Å². The summed E-state index contributed by atoms with van der Waals surface area (Å²) in [4.78, 5) is 1.27. The normalized spacial score (nSPS) is 11.6. The van der Waals surface area contributed by atoms with Gasteiger partial charge < -0.3 is 10.6 Å². The quantitative estimate of drug-likeness (QED) is 0.924. The lowest BCUT2D eigenvalue weighted by molar-refractivity contribution is -0.119. The lowest BCUT2D eigenvalue weighted by Crippen LogP contribution is -2.34. The van der Waals surface area contributed by atoms with E-state index in [4.69, 9.17) is 5.73 Å². The fraction of sp³-hybridized carbons (Fsp3) is 0.455. The van der Waals surface area contributed by atoms with E-state index in [1.165, 1.54) is 4.90 Å². The highest BCUT2D eigenvalue weighted by molar-refractivity contribution is 9.10. The number of hydrogen-bond donors (Lipinski definition) is 1. The molecule has 0 aliphatic carbocycles. The molecule has 0 aromatic heterocycles. The lowest BCUT2D eigenvalue weighted by atomic mass is 10.1. The minimum Gasteiger partial charge on any atom is -0.363 e. The van der Waals surface area contributed by atoms with Crippen LogP contribution in [0.25, 0.3) is 0 Å². The van der Waals surface area contributed by atoms with Crippen molar-refractivity contribution < 1.29 is 13.2 Å². The van der Waals surface area contributed by atoms with Crippen molar-refractivity contribution in [3.63, 3.8) is 0 Å². The summed E-state index contributed by atoms with van der Waals surface area (Å²) in [6.07, 6.45) is -4.22. The Morgan fingerprint density at radius 2 is 2.00 bits per heavy atom. The third-order valence-corrected chi connectivity index (χ3v) is 2.85. The zero-order chi connectivity index (χ0) is 13.1. The molecule has 0 bridgehead atoms. The van der Waals surface area contributed by atoms with E-state index in [0.29, 0.717) is 11.3 Å². The minimum absolute atomic E-state index is 0.219. The van der Waals surface area contributed by atoms with Gasteiger partial charge in [-0.2, -0.15) is 13.2 Å². The highest BCUT2D eigenvalue weighted by Gasteiger charge is 2.30. The van der Waals surface area contributed by atoms with Crippen molar-refractivity contribution in [2.24, 2.45) is 5.73 Å². The van der Waals surface area contributed by atoms with Gasteiger partial charge in [-0.05, 0) is 24.6 Å². The minimum atomic E-state index is -4.22. The number of benzene rings is 1. The van der Waals surface area contributed by atoms with Gasteiger partial charge >= 0.3 is 6.18 Å². The van der Waals surface area contributed by atoms with E-state index in [9.17, 15) is 13.2 Å². The Hall–Kier alpha value is -0.750. The molecular weight excluding hydrogens is 297 g/mol. The molecule has 0 unspecified atom stereocenters. The Kier molecular flexibility index (Phi) is 4.82. The number of nitrogens with two attached hydrogens (primary N) is 1. The molecule has 0 fully saturated rings. The van der Waals surface area contributed by atoms with E-state index in [1.807, 2.05) is 0 Å². The second-order valence-electron chi connectivity index (χ2n) is 3.61. The number of halogens is 4. The SMILES string of the molecule is CCN(CC(F)(F)F)c1cc(Br)ccc1CN. The van der Waals surface area contributed by atoms with Crippen LogP contribution in [-0.4, -0.2) is 19.3 Å². The maximum Gasteiger partial charge on any atom is 0.405 e. The van der Waals surface area contributed by atoms with Crippen molar-refractivity contribution in [1.29, 1.82) is 0 Å². The van der Waals surface area contributed by atoms with Gasteiger partial charge in [0.1, 0.15) is 6.54 Å². The molecule has 1 aromatic rings. The first-order valence-corrected chi connectivity index (χ1v) is 5.97. The number of alkyl halides is 3. The van der Waals surface area contributed by atoms with Gasteiger partial charge in [-0.1, -0.05) is 22.0 Å². The second kappa shape index (κ2) is 5.73. The molecule has 0 saturated carbocycles. The van der Waals surface area contributed by atoms with Crippen molar-refractivity contribution in [3.05, 3.63) is 28.2 Å². The predicted octanol–water partition coefficient (Wildman–Crippen LogP) is 3.30. The summed E-state index contributed by atoms with van der Waals surface area (Å²) in [7, 11) is 0. The van der Waals surface area contributed by atoms with Crippen LogP contribution in [0.5, 0.6) is 0 Å². The summed E-state index contributed by atoms with van der Waals surface area (Å²) in [5.74, 6) is 0. The molecule has 0 atom stereocenters. The van der Waals surface area contributed by atoms with E-state index in [1.54, 1.807) is 25.1 Å². The topological polar surface area (TPSA) is 29.3 Å². The average molecular weight is 311 g/mol. The molecule has 0 spiro atoms. The van der Waals surface area contributed by atoms with Crippen LogP contribution in [0.3, 0.4) is 0 Å². The summed E-state index contributed by atoms with van der Waals surface area (Å²) >= 11 is 3.25. The molecule has 1 rings (SSSR count). The Morgan fingerprint density at radius 3 is 2.47 bits per heavy atom. The first-order valence-electron chi connectivity index (χ1n) is 5.17. The van der Waals surface area contributed by atoms with Gasteiger partial charge in [-0.25, -0.2) is 0 Å². The molecule has 0 aliphatic rings. The van der Waals surface area contributed by atoms with E-state index in [-0.39, 0.29) is 13.1 Å². The van der Waals surface area contributed by atoms with Crippen LogP contribution >= 0.6 is 15.9 Å². The Morgan fingerprint density at radius 1 is 1.35 bits per heavy atom. The average Bonchev–Trinajstić information content (AvgIpc) is 2.24. The van der Waals surface area contributed by atoms with E-state index >= 15 is 0 Å². The van der Waals surface area contributed by atoms with Crippen molar-refractivity contribution >= 4 is 21.6 Å². The van der Waals surface area contributed by atoms with Crippen LogP contribution in [0.2, 0.25) is 0 Å². The third-order valence-electron chi connectivity index (χ3n) is 2.36. The molecule has 96 valence electrons. The van der Waals surface area contributed by atoms with E-state index in [0.717, 1.165) is 4.47 Å². The molecule has 0 radical (unpaired) electrons. The molecule has 0 amide bonds. The van der Waals surface area contributed by atoms with Gasteiger partial charge in [0.25, 0.3) is 0 Å². The molecule has 0 heterocycles. The van der Waals surface area contributed by atoms with Crippen LogP contribution in [0.1, 0.15) is 12.5 Å². The molecule has 2 nitrogen and oxygen atoms in total. The molecule has 6 heteroatoms. The zero-order valence-electron chi connectivity index (χ0n) is 9.39. The van der Waals surface area contributed by atoms with Crippen LogP contribution in [0, 0.1) is 0 Å². The van der Waals surface area contributed by atoms with Gasteiger partial charge in [-0.3, -0.25) is 0 Å². The summed E-state index contributed by atoms with van der Waals surface area (Å²) in [6.45, 7) is 1.22.